The molecule has 0 saturated carbocycles. The molecule has 0 radical (unpaired) electrons. The molecule has 0 heterocycles. The molecule has 0 aliphatic heterocycles. The Morgan fingerprint density at radius 1 is 1.00 bits per heavy atom. The Morgan fingerprint density at radius 2 is 1.72 bits per heavy atom. The SMILES string of the molecule is CC(=O)Nc1cccc(CNC(=O)COc2ccc(C(C)=O)cc2)c1. The molecule has 0 aromatic heterocycles. The van der Waals surface area contributed by atoms with E-state index in [0.717, 1.165) is 5.56 Å². The standard InChI is InChI=1S/C19H20N2O4/c1-13(22)16-6-8-18(9-7-16)25-12-19(24)20-11-15-4-3-5-17(10-15)21-14(2)23/h3-10H,11-12H2,1-2H3,(H,20,24)(H,21,23). The van der Waals surface area contributed by atoms with Crippen molar-refractivity contribution in [2.24, 2.45) is 0 Å². The molecule has 0 fully saturated rings. The number of Topliss-reactive ketones (excluding diaryl/α,β-unsaturated/α-hetero) is 1. The van der Waals surface area contributed by atoms with Crippen LogP contribution >= 0.6 is 0 Å². The zero-order chi connectivity index (χ0) is 18.2. The van der Waals surface area contributed by atoms with E-state index in [1.165, 1.54) is 13.8 Å². The van der Waals surface area contributed by atoms with E-state index in [1.54, 1.807) is 42.5 Å². The van der Waals surface area contributed by atoms with Gasteiger partial charge in [-0.1, -0.05) is 12.1 Å². The van der Waals surface area contributed by atoms with Gasteiger partial charge >= 0.3 is 0 Å². The first kappa shape index (κ1) is 18.2. The molecule has 0 aliphatic carbocycles. The number of rotatable bonds is 7. The third-order valence-corrected chi connectivity index (χ3v) is 3.37. The molecule has 2 aromatic rings. The van der Waals surface area contributed by atoms with Gasteiger partial charge in [-0.2, -0.15) is 0 Å². The van der Waals surface area contributed by atoms with Gasteiger partial charge in [0, 0.05) is 24.7 Å². The average Bonchev–Trinajstić information content (AvgIpc) is 2.58. The molecule has 0 bridgehead atoms. The highest BCUT2D eigenvalue weighted by Crippen LogP contribution is 2.13. The number of benzene rings is 2. The Bertz CT molecular complexity index is 769. The first-order valence-electron chi connectivity index (χ1n) is 7.81. The van der Waals surface area contributed by atoms with E-state index in [-0.39, 0.29) is 24.2 Å². The summed E-state index contributed by atoms with van der Waals surface area (Å²) in [5.41, 5.74) is 2.14. The molecule has 2 N–H and O–H groups in total. The minimum atomic E-state index is -0.263. The van der Waals surface area contributed by atoms with Crippen molar-refractivity contribution in [2.45, 2.75) is 20.4 Å². The Kier molecular flexibility index (Phi) is 6.28. The molecule has 0 aliphatic rings. The summed E-state index contributed by atoms with van der Waals surface area (Å²) in [6.07, 6.45) is 0. The summed E-state index contributed by atoms with van der Waals surface area (Å²) in [6, 6.07) is 13.9. The molecule has 6 heteroatoms. The summed E-state index contributed by atoms with van der Waals surface area (Å²) in [7, 11) is 0. The molecule has 0 unspecified atom stereocenters. The second kappa shape index (κ2) is 8.63. The minimum absolute atomic E-state index is 0.0224. The van der Waals surface area contributed by atoms with Gasteiger partial charge in [-0.05, 0) is 48.9 Å². The Labute approximate surface area is 146 Å². The lowest BCUT2D eigenvalue weighted by molar-refractivity contribution is -0.123. The Morgan fingerprint density at radius 3 is 2.36 bits per heavy atom. The highest BCUT2D eigenvalue weighted by atomic mass is 16.5. The molecule has 2 rings (SSSR count). The molecule has 6 nitrogen and oxygen atoms in total. The zero-order valence-corrected chi connectivity index (χ0v) is 14.2. The van der Waals surface area contributed by atoms with Crippen molar-refractivity contribution in [1.82, 2.24) is 5.32 Å². The van der Waals surface area contributed by atoms with Crippen LogP contribution < -0.4 is 15.4 Å². The molecule has 0 spiro atoms. The van der Waals surface area contributed by atoms with Gasteiger partial charge in [0.25, 0.3) is 5.91 Å². The van der Waals surface area contributed by atoms with Crippen LogP contribution in [0, 0.1) is 0 Å². The summed E-state index contributed by atoms with van der Waals surface area (Å²) < 4.78 is 5.39. The minimum Gasteiger partial charge on any atom is -0.484 e. The third kappa shape index (κ3) is 6.10. The molecular weight excluding hydrogens is 320 g/mol. The first-order valence-corrected chi connectivity index (χ1v) is 7.81. The number of amides is 2. The van der Waals surface area contributed by atoms with Gasteiger partial charge < -0.3 is 15.4 Å². The number of hydrogen-bond acceptors (Lipinski definition) is 4. The fraction of sp³-hybridized carbons (Fsp3) is 0.211. The van der Waals surface area contributed by atoms with Crippen LogP contribution in [0.5, 0.6) is 5.75 Å². The van der Waals surface area contributed by atoms with Crippen LogP contribution in [-0.4, -0.2) is 24.2 Å². The van der Waals surface area contributed by atoms with Crippen LogP contribution in [0.4, 0.5) is 5.69 Å². The largest absolute Gasteiger partial charge is 0.484 e. The fourth-order valence-electron chi connectivity index (χ4n) is 2.15. The maximum atomic E-state index is 11.9. The second-order valence-corrected chi connectivity index (χ2v) is 5.53. The number of nitrogens with one attached hydrogen (secondary N) is 2. The summed E-state index contributed by atoms with van der Waals surface area (Å²) in [4.78, 5) is 34.1. The highest BCUT2D eigenvalue weighted by Gasteiger charge is 2.05. The van der Waals surface area contributed by atoms with E-state index in [0.29, 0.717) is 23.5 Å². The number of carbonyl (C=O) groups is 3. The molecule has 130 valence electrons. The summed E-state index contributed by atoms with van der Waals surface area (Å²) >= 11 is 0. The Hall–Kier alpha value is -3.15. The third-order valence-electron chi connectivity index (χ3n) is 3.37. The van der Waals surface area contributed by atoms with Gasteiger partial charge in [0.15, 0.2) is 12.4 Å². The van der Waals surface area contributed by atoms with Crippen LogP contribution in [-0.2, 0) is 16.1 Å². The smallest absolute Gasteiger partial charge is 0.258 e. The van der Waals surface area contributed by atoms with Crippen LogP contribution in [0.3, 0.4) is 0 Å². The quantitative estimate of drug-likeness (QED) is 0.759. The predicted molar refractivity (Wildman–Crippen MR) is 94.5 cm³/mol. The van der Waals surface area contributed by atoms with E-state index >= 15 is 0 Å². The molecule has 2 aromatic carbocycles. The van der Waals surface area contributed by atoms with Crippen molar-refractivity contribution in [1.29, 1.82) is 0 Å². The Balaban J connectivity index is 1.80. The van der Waals surface area contributed by atoms with Crippen LogP contribution in [0.2, 0.25) is 0 Å². The lowest BCUT2D eigenvalue weighted by atomic mass is 10.1. The maximum Gasteiger partial charge on any atom is 0.258 e. The van der Waals surface area contributed by atoms with E-state index in [1.807, 2.05) is 6.07 Å². The van der Waals surface area contributed by atoms with Gasteiger partial charge in [-0.15, -0.1) is 0 Å². The second-order valence-electron chi connectivity index (χ2n) is 5.53. The first-order chi connectivity index (χ1) is 11.9. The van der Waals surface area contributed by atoms with Crippen molar-refractivity contribution >= 4 is 23.3 Å². The molecule has 0 atom stereocenters. The summed E-state index contributed by atoms with van der Waals surface area (Å²) in [5.74, 6) is 0.0875. The summed E-state index contributed by atoms with van der Waals surface area (Å²) in [6.45, 7) is 3.14. The monoisotopic (exact) mass is 340 g/mol. The lowest BCUT2D eigenvalue weighted by Gasteiger charge is -2.09. The van der Waals surface area contributed by atoms with E-state index < -0.39 is 0 Å². The average molecular weight is 340 g/mol. The van der Waals surface area contributed by atoms with E-state index in [2.05, 4.69) is 10.6 Å². The van der Waals surface area contributed by atoms with Gasteiger partial charge in [0.2, 0.25) is 5.91 Å². The lowest BCUT2D eigenvalue weighted by Crippen LogP contribution is -2.28. The van der Waals surface area contributed by atoms with Crippen LogP contribution in [0.25, 0.3) is 0 Å². The maximum absolute atomic E-state index is 11.9. The predicted octanol–water partition coefficient (Wildman–Crippen LogP) is 2.54. The van der Waals surface area contributed by atoms with Crippen LogP contribution in [0.1, 0.15) is 29.8 Å². The number of carbonyl (C=O) groups excluding carboxylic acids is 3. The molecule has 25 heavy (non-hydrogen) atoms. The number of ether oxygens (including phenoxy) is 1. The zero-order valence-electron chi connectivity index (χ0n) is 14.2. The van der Waals surface area contributed by atoms with Crippen molar-refractivity contribution < 1.29 is 19.1 Å². The van der Waals surface area contributed by atoms with Gasteiger partial charge in [-0.3, -0.25) is 14.4 Å². The normalized spacial score (nSPS) is 10.0. The fourth-order valence-corrected chi connectivity index (χ4v) is 2.15. The highest BCUT2D eigenvalue weighted by molar-refractivity contribution is 5.94. The number of hydrogen-bond donors (Lipinski definition) is 2. The topological polar surface area (TPSA) is 84.5 Å². The molecular formula is C19H20N2O4. The van der Waals surface area contributed by atoms with Crippen molar-refractivity contribution in [3.05, 3.63) is 59.7 Å². The summed E-state index contributed by atoms with van der Waals surface area (Å²) in [5, 5.41) is 5.44. The van der Waals surface area contributed by atoms with Gasteiger partial charge in [-0.25, -0.2) is 0 Å². The van der Waals surface area contributed by atoms with Crippen molar-refractivity contribution in [2.75, 3.05) is 11.9 Å². The number of ketones is 1. The van der Waals surface area contributed by atoms with Gasteiger partial charge in [0.05, 0.1) is 0 Å². The van der Waals surface area contributed by atoms with E-state index in [9.17, 15) is 14.4 Å². The van der Waals surface area contributed by atoms with Crippen LogP contribution in [0.15, 0.2) is 48.5 Å². The number of anilines is 1. The van der Waals surface area contributed by atoms with E-state index in [4.69, 9.17) is 4.74 Å². The van der Waals surface area contributed by atoms with Crippen molar-refractivity contribution in [3.63, 3.8) is 0 Å². The molecule has 0 saturated heterocycles. The molecule has 2 amide bonds. The van der Waals surface area contributed by atoms with Crippen molar-refractivity contribution in [3.8, 4) is 5.75 Å². The van der Waals surface area contributed by atoms with Gasteiger partial charge in [0.1, 0.15) is 5.75 Å².